The molecule has 0 spiro atoms. The molecule has 1 aliphatic heterocycles. The topological polar surface area (TPSA) is 48.9 Å². The molecule has 118 valence electrons. The average Bonchev–Trinajstić information content (AvgIpc) is 2.49. The Hall–Kier alpha value is -1.09. The number of aliphatic imine (C=N–C) groups is 1. The Morgan fingerprint density at radius 1 is 1.38 bits per heavy atom. The van der Waals surface area contributed by atoms with Crippen LogP contribution in [0.15, 0.2) is 23.2 Å². The summed E-state index contributed by atoms with van der Waals surface area (Å²) in [5, 5.41) is 6.02. The van der Waals surface area contributed by atoms with E-state index in [-0.39, 0.29) is 29.8 Å². The zero-order chi connectivity index (χ0) is 14.4. The van der Waals surface area contributed by atoms with E-state index in [2.05, 4.69) is 15.6 Å². The SMILES string of the molecule is CN=C(NC)NCc1ccc(N2CCOCC2)c(F)c1.I. The van der Waals surface area contributed by atoms with Crippen LogP contribution in [0.2, 0.25) is 0 Å². The second-order valence-electron chi connectivity index (χ2n) is 4.56. The Bertz CT molecular complexity index is 478. The third kappa shape index (κ3) is 4.99. The second kappa shape index (κ2) is 9.04. The summed E-state index contributed by atoms with van der Waals surface area (Å²) in [6, 6.07) is 5.34. The van der Waals surface area contributed by atoms with Crippen LogP contribution < -0.4 is 15.5 Å². The first-order chi connectivity index (χ1) is 9.74. The predicted octanol–water partition coefficient (Wildman–Crippen LogP) is 1.58. The molecule has 1 aliphatic rings. The van der Waals surface area contributed by atoms with Crippen LogP contribution in [0.25, 0.3) is 0 Å². The van der Waals surface area contributed by atoms with Crippen LogP contribution in [0.3, 0.4) is 0 Å². The molecular weight excluding hydrogens is 386 g/mol. The summed E-state index contributed by atoms with van der Waals surface area (Å²) in [4.78, 5) is 6.03. The number of ether oxygens (including phenoxy) is 1. The van der Waals surface area contributed by atoms with E-state index in [0.29, 0.717) is 31.4 Å². The lowest BCUT2D eigenvalue weighted by Gasteiger charge is -2.29. The Balaban J connectivity index is 0.00000220. The van der Waals surface area contributed by atoms with Crippen LogP contribution in [-0.4, -0.2) is 46.4 Å². The number of anilines is 1. The van der Waals surface area contributed by atoms with Gasteiger partial charge in [0.2, 0.25) is 0 Å². The van der Waals surface area contributed by atoms with Crippen molar-refractivity contribution >= 4 is 35.6 Å². The number of morpholine rings is 1. The highest BCUT2D eigenvalue weighted by atomic mass is 127. The molecule has 1 saturated heterocycles. The van der Waals surface area contributed by atoms with E-state index < -0.39 is 0 Å². The maximum atomic E-state index is 14.2. The van der Waals surface area contributed by atoms with E-state index in [0.717, 1.165) is 18.7 Å². The molecule has 0 radical (unpaired) electrons. The fraction of sp³-hybridized carbons (Fsp3) is 0.500. The fourth-order valence-electron chi connectivity index (χ4n) is 2.19. The van der Waals surface area contributed by atoms with Crippen molar-refractivity contribution in [3.05, 3.63) is 29.6 Å². The smallest absolute Gasteiger partial charge is 0.190 e. The number of hydrogen-bond acceptors (Lipinski definition) is 3. The van der Waals surface area contributed by atoms with Crippen molar-refractivity contribution in [1.29, 1.82) is 0 Å². The summed E-state index contributed by atoms with van der Waals surface area (Å²) in [6.45, 7) is 3.32. The lowest BCUT2D eigenvalue weighted by Crippen LogP contribution is -2.37. The van der Waals surface area contributed by atoms with E-state index >= 15 is 0 Å². The highest BCUT2D eigenvalue weighted by Crippen LogP contribution is 2.21. The molecule has 1 aromatic rings. The molecule has 0 unspecified atom stereocenters. The molecule has 0 amide bonds. The van der Waals surface area contributed by atoms with Crippen molar-refractivity contribution in [3.63, 3.8) is 0 Å². The number of nitrogens with one attached hydrogen (secondary N) is 2. The van der Waals surface area contributed by atoms with Gasteiger partial charge < -0.3 is 20.3 Å². The van der Waals surface area contributed by atoms with E-state index in [9.17, 15) is 4.39 Å². The number of guanidine groups is 1. The largest absolute Gasteiger partial charge is 0.378 e. The molecule has 2 rings (SSSR count). The summed E-state index contributed by atoms with van der Waals surface area (Å²) in [5.74, 6) is 0.494. The third-order valence-corrected chi connectivity index (χ3v) is 3.28. The van der Waals surface area contributed by atoms with Crippen molar-refractivity contribution in [2.45, 2.75) is 6.54 Å². The number of nitrogens with zero attached hydrogens (tertiary/aromatic N) is 2. The molecule has 0 aromatic heterocycles. The minimum atomic E-state index is -0.189. The van der Waals surface area contributed by atoms with E-state index in [1.54, 1.807) is 20.2 Å². The zero-order valence-corrected chi connectivity index (χ0v) is 14.7. The monoisotopic (exact) mass is 408 g/mol. The average molecular weight is 408 g/mol. The standard InChI is InChI=1S/C14H21FN4O.HI/c1-16-14(17-2)18-10-11-3-4-13(12(15)9-11)19-5-7-20-8-6-19;/h3-4,9H,5-8,10H2,1-2H3,(H2,16,17,18);1H. The predicted molar refractivity (Wildman–Crippen MR) is 94.1 cm³/mol. The summed E-state index contributed by atoms with van der Waals surface area (Å²) in [7, 11) is 3.48. The van der Waals surface area contributed by atoms with Crippen LogP contribution >= 0.6 is 24.0 Å². The molecule has 21 heavy (non-hydrogen) atoms. The summed E-state index contributed by atoms with van der Waals surface area (Å²) >= 11 is 0. The maximum absolute atomic E-state index is 14.2. The third-order valence-electron chi connectivity index (χ3n) is 3.28. The second-order valence-corrected chi connectivity index (χ2v) is 4.56. The zero-order valence-electron chi connectivity index (χ0n) is 12.4. The summed E-state index contributed by atoms with van der Waals surface area (Å²) in [5.41, 5.74) is 1.53. The highest BCUT2D eigenvalue weighted by molar-refractivity contribution is 14.0. The van der Waals surface area contributed by atoms with Gasteiger partial charge in [-0.1, -0.05) is 6.07 Å². The van der Waals surface area contributed by atoms with Crippen molar-refractivity contribution in [3.8, 4) is 0 Å². The summed E-state index contributed by atoms with van der Waals surface area (Å²) < 4.78 is 19.4. The first-order valence-corrected chi connectivity index (χ1v) is 6.74. The maximum Gasteiger partial charge on any atom is 0.190 e. The Morgan fingerprint density at radius 2 is 2.10 bits per heavy atom. The van der Waals surface area contributed by atoms with Crippen LogP contribution in [0, 0.1) is 5.82 Å². The Kier molecular flexibility index (Phi) is 7.73. The van der Waals surface area contributed by atoms with Gasteiger partial charge in [0, 0.05) is 33.7 Å². The Morgan fingerprint density at radius 3 is 2.67 bits per heavy atom. The van der Waals surface area contributed by atoms with Crippen molar-refractivity contribution in [1.82, 2.24) is 10.6 Å². The van der Waals surface area contributed by atoms with Crippen molar-refractivity contribution in [2.75, 3.05) is 45.3 Å². The number of hydrogen-bond donors (Lipinski definition) is 2. The lowest BCUT2D eigenvalue weighted by atomic mass is 10.1. The van der Waals surface area contributed by atoms with Gasteiger partial charge in [-0.3, -0.25) is 4.99 Å². The quantitative estimate of drug-likeness (QED) is 0.453. The molecule has 0 aliphatic carbocycles. The van der Waals surface area contributed by atoms with Gasteiger partial charge in [0.15, 0.2) is 5.96 Å². The van der Waals surface area contributed by atoms with Gasteiger partial charge in [-0.15, -0.1) is 24.0 Å². The molecule has 5 nitrogen and oxygen atoms in total. The molecule has 0 bridgehead atoms. The molecule has 1 fully saturated rings. The van der Waals surface area contributed by atoms with Gasteiger partial charge in [-0.25, -0.2) is 4.39 Å². The van der Waals surface area contributed by atoms with Crippen molar-refractivity contribution in [2.24, 2.45) is 4.99 Å². The first kappa shape index (κ1) is 18.0. The van der Waals surface area contributed by atoms with Gasteiger partial charge in [-0.05, 0) is 17.7 Å². The number of rotatable bonds is 3. The van der Waals surface area contributed by atoms with Crippen molar-refractivity contribution < 1.29 is 9.13 Å². The molecule has 2 N–H and O–H groups in total. The Labute approximate surface area is 142 Å². The van der Waals surface area contributed by atoms with Gasteiger partial charge in [0.05, 0.1) is 18.9 Å². The van der Waals surface area contributed by atoms with Crippen LogP contribution in [-0.2, 0) is 11.3 Å². The molecular formula is C14H22FIN4O. The molecule has 7 heteroatoms. The molecule has 0 atom stereocenters. The normalized spacial score (nSPS) is 15.4. The molecule has 1 aromatic carbocycles. The highest BCUT2D eigenvalue weighted by Gasteiger charge is 2.15. The fourth-order valence-corrected chi connectivity index (χ4v) is 2.19. The first-order valence-electron chi connectivity index (χ1n) is 6.74. The minimum absolute atomic E-state index is 0. The number of benzene rings is 1. The molecule has 0 saturated carbocycles. The van der Waals surface area contributed by atoms with Gasteiger partial charge in [0.25, 0.3) is 0 Å². The number of halogens is 2. The van der Waals surface area contributed by atoms with Gasteiger partial charge in [-0.2, -0.15) is 0 Å². The van der Waals surface area contributed by atoms with Crippen LogP contribution in [0.4, 0.5) is 10.1 Å². The van der Waals surface area contributed by atoms with E-state index in [1.165, 1.54) is 0 Å². The molecule has 1 heterocycles. The lowest BCUT2D eigenvalue weighted by molar-refractivity contribution is 0.122. The van der Waals surface area contributed by atoms with E-state index in [1.807, 2.05) is 17.0 Å². The van der Waals surface area contributed by atoms with Gasteiger partial charge >= 0.3 is 0 Å². The van der Waals surface area contributed by atoms with E-state index in [4.69, 9.17) is 4.74 Å². The van der Waals surface area contributed by atoms with Crippen LogP contribution in [0.1, 0.15) is 5.56 Å². The van der Waals surface area contributed by atoms with Crippen LogP contribution in [0.5, 0.6) is 0 Å². The summed E-state index contributed by atoms with van der Waals surface area (Å²) in [6.07, 6.45) is 0. The minimum Gasteiger partial charge on any atom is -0.378 e. The van der Waals surface area contributed by atoms with Gasteiger partial charge in [0.1, 0.15) is 5.82 Å².